The summed E-state index contributed by atoms with van der Waals surface area (Å²) in [5, 5.41) is 14.8. The summed E-state index contributed by atoms with van der Waals surface area (Å²) in [5.74, 6) is -3.65. The van der Waals surface area contributed by atoms with Crippen LogP contribution >= 0.6 is 0 Å². The Hall–Kier alpha value is -2.70. The number of aliphatic carboxylic acids is 2. The average Bonchev–Trinajstić information content (AvgIpc) is 3.39. The fourth-order valence-corrected chi connectivity index (χ4v) is 5.01. The van der Waals surface area contributed by atoms with Gasteiger partial charge in [0.15, 0.2) is 0 Å². The Morgan fingerprint density at radius 2 is 1.30 bits per heavy atom. The van der Waals surface area contributed by atoms with E-state index in [2.05, 4.69) is 70.5 Å². The van der Waals surface area contributed by atoms with Crippen LogP contribution in [0.25, 0.3) is 0 Å². The Bertz CT molecular complexity index is 833. The van der Waals surface area contributed by atoms with Crippen LogP contribution in [-0.4, -0.2) is 63.7 Å². The number of piperidine rings is 1. The van der Waals surface area contributed by atoms with Crippen LogP contribution < -0.4 is 0 Å². The molecule has 0 unspecified atom stereocenters. The number of carboxylic acids is 2. The lowest BCUT2D eigenvalue weighted by molar-refractivity contribution is -0.159. The van der Waals surface area contributed by atoms with Gasteiger partial charge in [-0.15, -0.1) is 0 Å². The van der Waals surface area contributed by atoms with Gasteiger partial charge >= 0.3 is 11.9 Å². The van der Waals surface area contributed by atoms with Crippen LogP contribution in [0.4, 0.5) is 0 Å². The van der Waals surface area contributed by atoms with E-state index in [0.29, 0.717) is 0 Å². The van der Waals surface area contributed by atoms with E-state index < -0.39 is 11.9 Å². The number of carboxylic acid groups (broad SMARTS) is 2. The van der Waals surface area contributed by atoms with E-state index in [-0.39, 0.29) is 0 Å². The Morgan fingerprint density at radius 3 is 1.82 bits per heavy atom. The number of benzene rings is 2. The summed E-state index contributed by atoms with van der Waals surface area (Å²) in [4.78, 5) is 23.8. The van der Waals surface area contributed by atoms with Crippen LogP contribution in [0.2, 0.25) is 0 Å². The standard InChI is InChI=1S/C25H34N2.C2H2O4/c1-3-9-22(10-4-1)15-18-27(21-23-11-5-2-6-12-23)25-16-19-26(20-17-25)24-13-7-8-14-24;3-1(4)2(5)6/h1-6,9-12,24-25H,7-8,13-21H2;(H,3,4)(H,5,6). The second-order valence-electron chi connectivity index (χ2n) is 9.01. The van der Waals surface area contributed by atoms with Gasteiger partial charge < -0.3 is 15.1 Å². The molecule has 0 radical (unpaired) electrons. The SMILES string of the molecule is O=C(O)C(=O)O.c1ccc(CCN(Cc2ccccc2)C2CCN(C3CCCC3)CC2)cc1. The maximum atomic E-state index is 9.10. The van der Waals surface area contributed by atoms with Gasteiger partial charge in [-0.25, -0.2) is 9.59 Å². The van der Waals surface area contributed by atoms with Crippen molar-refractivity contribution in [3.05, 3.63) is 71.8 Å². The van der Waals surface area contributed by atoms with Crippen molar-refractivity contribution in [3.8, 4) is 0 Å². The normalized spacial score (nSPS) is 17.5. The fraction of sp³-hybridized carbons (Fsp3) is 0.481. The van der Waals surface area contributed by atoms with Crippen LogP contribution in [0.15, 0.2) is 60.7 Å². The van der Waals surface area contributed by atoms with Crippen LogP contribution in [0.3, 0.4) is 0 Å². The van der Waals surface area contributed by atoms with Gasteiger partial charge in [0.1, 0.15) is 0 Å². The lowest BCUT2D eigenvalue weighted by Gasteiger charge is -2.41. The zero-order valence-electron chi connectivity index (χ0n) is 19.3. The first-order chi connectivity index (χ1) is 16.0. The monoisotopic (exact) mass is 452 g/mol. The van der Waals surface area contributed by atoms with E-state index >= 15 is 0 Å². The van der Waals surface area contributed by atoms with Crippen molar-refractivity contribution >= 4 is 11.9 Å². The summed E-state index contributed by atoms with van der Waals surface area (Å²) in [6.45, 7) is 4.84. The maximum Gasteiger partial charge on any atom is 0.414 e. The second kappa shape index (κ2) is 13.1. The van der Waals surface area contributed by atoms with Gasteiger partial charge in [-0.05, 0) is 56.3 Å². The van der Waals surface area contributed by atoms with Gasteiger partial charge in [-0.1, -0.05) is 73.5 Å². The number of nitrogens with zero attached hydrogens (tertiary/aromatic N) is 2. The Kier molecular flexibility index (Phi) is 9.91. The van der Waals surface area contributed by atoms with Gasteiger partial charge in [0, 0.05) is 25.2 Å². The molecule has 1 saturated heterocycles. The number of hydrogen-bond acceptors (Lipinski definition) is 4. The molecular weight excluding hydrogens is 416 g/mol. The van der Waals surface area contributed by atoms with Crippen molar-refractivity contribution < 1.29 is 19.8 Å². The third-order valence-corrected chi connectivity index (χ3v) is 6.80. The smallest absolute Gasteiger partial charge is 0.414 e. The highest BCUT2D eigenvalue weighted by atomic mass is 16.4. The molecule has 0 amide bonds. The third-order valence-electron chi connectivity index (χ3n) is 6.80. The number of hydrogen-bond donors (Lipinski definition) is 2. The molecule has 6 heteroatoms. The molecule has 2 aromatic carbocycles. The molecule has 0 atom stereocenters. The van der Waals surface area contributed by atoms with Crippen molar-refractivity contribution in [3.63, 3.8) is 0 Å². The number of likely N-dealkylation sites (tertiary alicyclic amines) is 1. The quantitative estimate of drug-likeness (QED) is 0.610. The van der Waals surface area contributed by atoms with Crippen LogP contribution in [-0.2, 0) is 22.6 Å². The first kappa shape index (κ1) is 24.9. The van der Waals surface area contributed by atoms with Crippen molar-refractivity contribution in [2.24, 2.45) is 0 Å². The Labute approximate surface area is 196 Å². The topological polar surface area (TPSA) is 81.1 Å². The Balaban J connectivity index is 0.000000454. The molecule has 1 aliphatic carbocycles. The molecule has 2 fully saturated rings. The fourth-order valence-electron chi connectivity index (χ4n) is 5.01. The summed E-state index contributed by atoms with van der Waals surface area (Å²) in [5.41, 5.74) is 2.91. The lowest BCUT2D eigenvalue weighted by Crippen LogP contribution is -2.47. The molecule has 1 saturated carbocycles. The van der Waals surface area contributed by atoms with Crippen LogP contribution in [0.1, 0.15) is 49.7 Å². The zero-order valence-corrected chi connectivity index (χ0v) is 19.3. The molecule has 2 aromatic rings. The maximum absolute atomic E-state index is 9.10. The molecule has 0 bridgehead atoms. The molecule has 178 valence electrons. The van der Waals surface area contributed by atoms with Crippen molar-refractivity contribution in [2.45, 2.75) is 63.6 Å². The lowest BCUT2D eigenvalue weighted by atomic mass is 9.99. The summed E-state index contributed by atoms with van der Waals surface area (Å²) in [6, 6.07) is 23.6. The summed E-state index contributed by atoms with van der Waals surface area (Å²) >= 11 is 0. The Morgan fingerprint density at radius 1 is 0.788 bits per heavy atom. The molecule has 6 nitrogen and oxygen atoms in total. The van der Waals surface area contributed by atoms with Gasteiger partial charge in [-0.3, -0.25) is 4.90 Å². The molecule has 2 aliphatic rings. The summed E-state index contributed by atoms with van der Waals surface area (Å²) in [6.07, 6.45) is 9.58. The summed E-state index contributed by atoms with van der Waals surface area (Å²) < 4.78 is 0. The van der Waals surface area contributed by atoms with Crippen LogP contribution in [0, 0.1) is 0 Å². The minimum Gasteiger partial charge on any atom is -0.473 e. The van der Waals surface area contributed by atoms with Gasteiger partial charge in [0.25, 0.3) is 0 Å². The summed E-state index contributed by atoms with van der Waals surface area (Å²) in [7, 11) is 0. The highest BCUT2D eigenvalue weighted by molar-refractivity contribution is 6.27. The van der Waals surface area contributed by atoms with Crippen LogP contribution in [0.5, 0.6) is 0 Å². The highest BCUT2D eigenvalue weighted by Crippen LogP contribution is 2.28. The molecule has 1 aliphatic heterocycles. The predicted octanol–water partition coefficient (Wildman–Crippen LogP) is 4.29. The van der Waals surface area contributed by atoms with E-state index in [0.717, 1.165) is 31.6 Å². The molecule has 0 spiro atoms. The second-order valence-corrected chi connectivity index (χ2v) is 9.01. The van der Waals surface area contributed by atoms with Crippen molar-refractivity contribution in [1.82, 2.24) is 9.80 Å². The first-order valence-corrected chi connectivity index (χ1v) is 12.0. The van der Waals surface area contributed by atoms with Gasteiger partial charge in [-0.2, -0.15) is 0 Å². The van der Waals surface area contributed by atoms with E-state index in [1.807, 2.05) is 0 Å². The van der Waals surface area contributed by atoms with E-state index in [1.54, 1.807) is 0 Å². The largest absolute Gasteiger partial charge is 0.473 e. The molecule has 1 heterocycles. The van der Waals surface area contributed by atoms with Gasteiger partial charge in [0.05, 0.1) is 0 Å². The molecule has 2 N–H and O–H groups in total. The molecule has 4 rings (SSSR count). The molecular formula is C27H36N2O4. The minimum atomic E-state index is -1.82. The minimum absolute atomic E-state index is 0.728. The van der Waals surface area contributed by atoms with E-state index in [9.17, 15) is 0 Å². The predicted molar refractivity (Wildman–Crippen MR) is 129 cm³/mol. The van der Waals surface area contributed by atoms with E-state index in [4.69, 9.17) is 19.8 Å². The molecule has 0 aromatic heterocycles. The zero-order chi connectivity index (χ0) is 23.5. The van der Waals surface area contributed by atoms with Gasteiger partial charge in [0.2, 0.25) is 0 Å². The number of rotatable bonds is 7. The number of carbonyl (C=O) groups is 2. The first-order valence-electron chi connectivity index (χ1n) is 12.0. The molecule has 33 heavy (non-hydrogen) atoms. The average molecular weight is 453 g/mol. The third kappa shape index (κ3) is 8.30. The van der Waals surface area contributed by atoms with E-state index in [1.165, 1.54) is 62.7 Å². The van der Waals surface area contributed by atoms with Crippen molar-refractivity contribution in [2.75, 3.05) is 19.6 Å². The highest BCUT2D eigenvalue weighted by Gasteiger charge is 2.29. The van der Waals surface area contributed by atoms with Crippen molar-refractivity contribution in [1.29, 1.82) is 0 Å².